The summed E-state index contributed by atoms with van der Waals surface area (Å²) >= 11 is 0. The van der Waals surface area contributed by atoms with Crippen LogP contribution in [0.5, 0.6) is 0 Å². The second-order valence-electron chi connectivity index (χ2n) is 8.26. The summed E-state index contributed by atoms with van der Waals surface area (Å²) in [6, 6.07) is 14.8. The van der Waals surface area contributed by atoms with E-state index in [1.54, 1.807) is 11.0 Å². The Morgan fingerprint density at radius 3 is 2.38 bits per heavy atom. The lowest BCUT2D eigenvalue weighted by atomic mass is 9.80. The van der Waals surface area contributed by atoms with Crippen LogP contribution in [0.15, 0.2) is 48.5 Å². The zero-order valence-electron chi connectivity index (χ0n) is 19.2. The number of methoxy groups -OCH3 is 1. The van der Waals surface area contributed by atoms with Gasteiger partial charge in [0, 0.05) is 31.7 Å². The monoisotopic (exact) mass is 440 g/mol. The van der Waals surface area contributed by atoms with E-state index in [1.807, 2.05) is 55.1 Å². The molecule has 0 N–H and O–H groups in total. The molecule has 1 atom stereocenters. The fraction of sp³-hybridized carbons (Fsp3) is 0.462. The van der Waals surface area contributed by atoms with Crippen LogP contribution >= 0.6 is 0 Å². The van der Waals surface area contributed by atoms with Crippen molar-refractivity contribution in [2.45, 2.75) is 45.4 Å². The van der Waals surface area contributed by atoms with Crippen LogP contribution in [0.1, 0.15) is 51.0 Å². The number of nitrogens with zero attached hydrogens (tertiary/aromatic N) is 2. The van der Waals surface area contributed by atoms with Crippen molar-refractivity contribution in [3.8, 4) is 0 Å². The molecule has 6 heteroatoms. The topological polar surface area (TPSA) is 49.9 Å². The quantitative estimate of drug-likeness (QED) is 0.533. The molecule has 1 saturated heterocycles. The number of carbonyl (C=O) groups excluding carboxylic acids is 2. The highest BCUT2D eigenvalue weighted by atomic mass is 19.1. The molecular weight excluding hydrogens is 407 g/mol. The molecule has 32 heavy (non-hydrogen) atoms. The van der Waals surface area contributed by atoms with Crippen LogP contribution in [-0.2, 0) is 14.3 Å². The summed E-state index contributed by atoms with van der Waals surface area (Å²) in [6.07, 6.45) is 2.76. The Kier molecular flexibility index (Phi) is 8.26. The minimum Gasteiger partial charge on any atom is -0.469 e. The molecule has 0 aromatic heterocycles. The Morgan fingerprint density at radius 2 is 1.81 bits per heavy atom. The lowest BCUT2D eigenvalue weighted by Gasteiger charge is -2.36. The molecule has 1 aliphatic heterocycles. The number of esters is 1. The van der Waals surface area contributed by atoms with Gasteiger partial charge in [-0.3, -0.25) is 9.59 Å². The van der Waals surface area contributed by atoms with Crippen LogP contribution in [0, 0.1) is 11.7 Å². The van der Waals surface area contributed by atoms with Gasteiger partial charge in [-0.25, -0.2) is 4.39 Å². The third-order valence-corrected chi connectivity index (χ3v) is 6.29. The maximum absolute atomic E-state index is 15.0. The minimum atomic E-state index is -0.323. The highest BCUT2D eigenvalue weighted by Crippen LogP contribution is 2.36. The first-order chi connectivity index (χ1) is 15.5. The first-order valence-corrected chi connectivity index (χ1v) is 11.5. The standard InChI is InChI=1S/C26H33FN2O3/c1-4-9-24(30)29(5-2)21-12-13-23(22(27)18-21)28-16-14-20(15-17-28)25(26(31)32-3)19-10-7-6-8-11-19/h6-8,10-13,18,20,25H,4-5,9,14-17H2,1-3H3. The molecule has 1 aliphatic rings. The lowest BCUT2D eigenvalue weighted by molar-refractivity contribution is -0.144. The minimum absolute atomic E-state index is 0.0118. The van der Waals surface area contributed by atoms with Crippen LogP contribution in [0.2, 0.25) is 0 Å². The third kappa shape index (κ3) is 5.29. The van der Waals surface area contributed by atoms with E-state index in [9.17, 15) is 9.59 Å². The number of carbonyl (C=O) groups is 2. The number of halogens is 1. The molecule has 1 heterocycles. The van der Waals surface area contributed by atoms with Crippen molar-refractivity contribution in [2.75, 3.05) is 36.5 Å². The van der Waals surface area contributed by atoms with Crippen molar-refractivity contribution in [3.05, 3.63) is 59.9 Å². The second kappa shape index (κ2) is 11.1. The Labute approximate surface area is 190 Å². The molecule has 2 aromatic rings. The highest BCUT2D eigenvalue weighted by Gasteiger charge is 2.34. The van der Waals surface area contributed by atoms with Crippen molar-refractivity contribution < 1.29 is 18.7 Å². The summed E-state index contributed by atoms with van der Waals surface area (Å²) in [5, 5.41) is 0. The van der Waals surface area contributed by atoms with Crippen LogP contribution in [0.3, 0.4) is 0 Å². The Balaban J connectivity index is 1.72. The van der Waals surface area contributed by atoms with Gasteiger partial charge in [-0.15, -0.1) is 0 Å². The van der Waals surface area contributed by atoms with Gasteiger partial charge in [0.25, 0.3) is 0 Å². The number of hydrogen-bond acceptors (Lipinski definition) is 4. The zero-order valence-corrected chi connectivity index (χ0v) is 19.2. The average Bonchev–Trinajstić information content (AvgIpc) is 2.81. The smallest absolute Gasteiger partial charge is 0.313 e. The fourth-order valence-electron chi connectivity index (χ4n) is 4.63. The molecule has 0 saturated carbocycles. The molecule has 2 aromatic carbocycles. The van der Waals surface area contributed by atoms with Gasteiger partial charge >= 0.3 is 5.97 Å². The Morgan fingerprint density at radius 1 is 1.12 bits per heavy atom. The molecular formula is C26H33FN2O3. The number of hydrogen-bond donors (Lipinski definition) is 0. The zero-order chi connectivity index (χ0) is 23.1. The van der Waals surface area contributed by atoms with Crippen molar-refractivity contribution in [1.29, 1.82) is 0 Å². The maximum Gasteiger partial charge on any atom is 0.313 e. The highest BCUT2D eigenvalue weighted by molar-refractivity contribution is 5.93. The van der Waals surface area contributed by atoms with E-state index >= 15 is 4.39 Å². The van der Waals surface area contributed by atoms with E-state index in [1.165, 1.54) is 13.2 Å². The number of amides is 1. The van der Waals surface area contributed by atoms with E-state index < -0.39 is 0 Å². The SMILES string of the molecule is CCCC(=O)N(CC)c1ccc(N2CCC(C(C(=O)OC)c3ccccc3)CC2)c(F)c1. The Bertz CT molecular complexity index is 911. The van der Waals surface area contributed by atoms with E-state index in [0.29, 0.717) is 37.4 Å². The van der Waals surface area contributed by atoms with E-state index in [-0.39, 0.29) is 29.5 Å². The maximum atomic E-state index is 15.0. The van der Waals surface area contributed by atoms with Crippen LogP contribution in [-0.4, -0.2) is 38.6 Å². The van der Waals surface area contributed by atoms with Gasteiger partial charge in [-0.05, 0) is 55.9 Å². The average molecular weight is 441 g/mol. The largest absolute Gasteiger partial charge is 0.469 e. The molecule has 0 spiro atoms. The van der Waals surface area contributed by atoms with E-state index in [0.717, 1.165) is 24.8 Å². The molecule has 3 rings (SSSR count). The first-order valence-electron chi connectivity index (χ1n) is 11.5. The van der Waals surface area contributed by atoms with Gasteiger partial charge in [0.15, 0.2) is 0 Å². The van der Waals surface area contributed by atoms with Crippen molar-refractivity contribution in [3.63, 3.8) is 0 Å². The summed E-state index contributed by atoms with van der Waals surface area (Å²) in [5.74, 6) is -0.695. The summed E-state index contributed by atoms with van der Waals surface area (Å²) in [6.45, 7) is 5.69. The number of anilines is 2. The number of piperidine rings is 1. The van der Waals surface area contributed by atoms with E-state index in [4.69, 9.17) is 4.74 Å². The summed E-state index contributed by atoms with van der Waals surface area (Å²) in [4.78, 5) is 28.5. The van der Waals surface area contributed by atoms with Crippen molar-refractivity contribution >= 4 is 23.3 Å². The lowest BCUT2D eigenvalue weighted by Crippen LogP contribution is -2.38. The van der Waals surface area contributed by atoms with Gasteiger partial charge in [-0.1, -0.05) is 37.3 Å². The molecule has 0 aliphatic carbocycles. The van der Waals surface area contributed by atoms with Gasteiger partial charge in [0.05, 0.1) is 18.7 Å². The van der Waals surface area contributed by atoms with E-state index in [2.05, 4.69) is 0 Å². The van der Waals surface area contributed by atoms with Crippen molar-refractivity contribution in [1.82, 2.24) is 0 Å². The Hall–Kier alpha value is -2.89. The number of rotatable bonds is 8. The predicted octanol–water partition coefficient (Wildman–Crippen LogP) is 5.15. The number of ether oxygens (including phenoxy) is 1. The molecule has 1 amide bonds. The molecule has 172 valence electrons. The molecule has 1 fully saturated rings. The van der Waals surface area contributed by atoms with Crippen LogP contribution < -0.4 is 9.80 Å². The first kappa shape index (κ1) is 23.8. The van der Waals surface area contributed by atoms with Crippen LogP contribution in [0.25, 0.3) is 0 Å². The molecule has 0 bridgehead atoms. The fourth-order valence-corrected chi connectivity index (χ4v) is 4.63. The summed E-state index contributed by atoms with van der Waals surface area (Å²) in [5.41, 5.74) is 2.10. The normalized spacial score (nSPS) is 15.3. The van der Waals surface area contributed by atoms with Crippen LogP contribution in [0.4, 0.5) is 15.8 Å². The van der Waals surface area contributed by atoms with Gasteiger partial charge in [-0.2, -0.15) is 0 Å². The predicted molar refractivity (Wildman–Crippen MR) is 125 cm³/mol. The summed E-state index contributed by atoms with van der Waals surface area (Å²) < 4.78 is 20.1. The van der Waals surface area contributed by atoms with Crippen molar-refractivity contribution in [2.24, 2.45) is 5.92 Å². The molecule has 0 radical (unpaired) electrons. The third-order valence-electron chi connectivity index (χ3n) is 6.29. The van der Waals surface area contributed by atoms with Gasteiger partial charge in [0.1, 0.15) is 5.82 Å². The summed E-state index contributed by atoms with van der Waals surface area (Å²) in [7, 11) is 1.43. The molecule has 5 nitrogen and oxygen atoms in total. The van der Waals surface area contributed by atoms with Gasteiger partial charge in [0.2, 0.25) is 5.91 Å². The van der Waals surface area contributed by atoms with Gasteiger partial charge < -0.3 is 14.5 Å². The molecule has 1 unspecified atom stereocenters. The number of benzene rings is 2. The second-order valence-corrected chi connectivity index (χ2v) is 8.26.